The summed E-state index contributed by atoms with van der Waals surface area (Å²) in [4.78, 5) is 10.5. The van der Waals surface area contributed by atoms with Crippen LogP contribution in [0.3, 0.4) is 0 Å². The minimum absolute atomic E-state index is 0.00399. The highest BCUT2D eigenvalue weighted by Gasteiger charge is 2.26. The highest BCUT2D eigenvalue weighted by Crippen LogP contribution is 2.32. The monoisotopic (exact) mass is 265 g/mol. The maximum atomic E-state index is 10.9. The molecule has 0 amide bonds. The van der Waals surface area contributed by atoms with Crippen molar-refractivity contribution in [3.05, 3.63) is 28.3 Å². The second-order valence-corrected chi connectivity index (χ2v) is 4.86. The number of nitrogens with one attached hydrogen (secondary N) is 1. The molecule has 0 atom stereocenters. The summed E-state index contributed by atoms with van der Waals surface area (Å²) in [6, 6.07) is 5.51. The molecule has 0 heterocycles. The van der Waals surface area contributed by atoms with Gasteiger partial charge in [0.15, 0.2) is 5.75 Å². The third-order valence-electron chi connectivity index (χ3n) is 3.16. The zero-order valence-corrected chi connectivity index (χ0v) is 11.0. The number of nitrogens with zero attached hydrogens (tertiary/aromatic N) is 1. The average Bonchev–Trinajstić information content (AvgIpc) is 2.34. The molecule has 3 N–H and O–H groups in total. The number of nitro benzene ring substituents is 1. The molecule has 1 aromatic carbocycles. The van der Waals surface area contributed by atoms with Gasteiger partial charge in [-0.2, -0.15) is 0 Å². The Balaban J connectivity index is 2.10. The molecule has 19 heavy (non-hydrogen) atoms. The first-order chi connectivity index (χ1) is 9.10. The Morgan fingerprint density at radius 2 is 2.26 bits per heavy atom. The van der Waals surface area contributed by atoms with E-state index in [2.05, 4.69) is 5.32 Å². The van der Waals surface area contributed by atoms with E-state index in [-0.39, 0.29) is 11.7 Å². The summed E-state index contributed by atoms with van der Waals surface area (Å²) in [6.07, 6.45) is 2.68. The number of nitro groups is 1. The van der Waals surface area contributed by atoms with Gasteiger partial charge < -0.3 is 15.8 Å². The van der Waals surface area contributed by atoms with Crippen LogP contribution in [0.4, 0.5) is 11.4 Å². The van der Waals surface area contributed by atoms with Gasteiger partial charge in [0.25, 0.3) is 0 Å². The Bertz CT molecular complexity index is 458. The number of hydrogen-bond donors (Lipinski definition) is 2. The van der Waals surface area contributed by atoms with Gasteiger partial charge in [-0.05, 0) is 25.3 Å². The van der Waals surface area contributed by atoms with Crippen LogP contribution in [0.5, 0.6) is 5.75 Å². The molecule has 1 aliphatic rings. The Morgan fingerprint density at radius 1 is 1.53 bits per heavy atom. The molecular formula is C13H19N3O3. The number of ether oxygens (including phenoxy) is 1. The first-order valence-corrected chi connectivity index (χ1v) is 6.53. The molecule has 6 heteroatoms. The fraction of sp³-hybridized carbons (Fsp3) is 0.538. The highest BCUT2D eigenvalue weighted by molar-refractivity contribution is 5.58. The predicted octanol–water partition coefficient (Wildman–Crippen LogP) is 2.29. The van der Waals surface area contributed by atoms with E-state index >= 15 is 0 Å². The van der Waals surface area contributed by atoms with Crippen LogP contribution in [0.1, 0.15) is 26.2 Å². The van der Waals surface area contributed by atoms with Crippen LogP contribution in [0.15, 0.2) is 18.2 Å². The Hall–Kier alpha value is -1.82. The standard InChI is InChI=1S/C13H19N3O3/c1-2-5-19-13-8-10(3-4-12(13)16(17)18)15-11-6-9(14)7-11/h3-4,8-9,11,15H,2,5-7,14H2,1H3. The minimum atomic E-state index is -0.423. The second kappa shape index (κ2) is 5.88. The van der Waals surface area contributed by atoms with Gasteiger partial charge in [-0.1, -0.05) is 6.92 Å². The maximum Gasteiger partial charge on any atom is 0.311 e. The molecule has 0 saturated heterocycles. The lowest BCUT2D eigenvalue weighted by atomic mass is 9.87. The lowest BCUT2D eigenvalue weighted by molar-refractivity contribution is -0.385. The number of nitrogens with two attached hydrogens (primary N) is 1. The van der Waals surface area contributed by atoms with Crippen LogP contribution < -0.4 is 15.8 Å². The molecule has 0 bridgehead atoms. The van der Waals surface area contributed by atoms with Crippen molar-refractivity contribution in [3.63, 3.8) is 0 Å². The molecule has 1 saturated carbocycles. The van der Waals surface area contributed by atoms with Crippen LogP contribution >= 0.6 is 0 Å². The molecule has 0 spiro atoms. The fourth-order valence-electron chi connectivity index (χ4n) is 2.10. The number of hydrogen-bond acceptors (Lipinski definition) is 5. The van der Waals surface area contributed by atoms with Crippen LogP contribution in [0.25, 0.3) is 0 Å². The Labute approximate surface area is 112 Å². The van der Waals surface area contributed by atoms with Crippen LogP contribution in [-0.4, -0.2) is 23.6 Å². The molecule has 1 aromatic rings. The first-order valence-electron chi connectivity index (χ1n) is 6.53. The van der Waals surface area contributed by atoms with Crippen molar-refractivity contribution in [3.8, 4) is 5.75 Å². The molecule has 1 aliphatic carbocycles. The van der Waals surface area contributed by atoms with E-state index in [0.717, 1.165) is 24.9 Å². The molecule has 104 valence electrons. The number of benzene rings is 1. The summed E-state index contributed by atoms with van der Waals surface area (Å²) in [6.45, 7) is 2.43. The summed E-state index contributed by atoms with van der Waals surface area (Å²) in [5, 5.41) is 14.2. The zero-order valence-electron chi connectivity index (χ0n) is 11.0. The quantitative estimate of drug-likeness (QED) is 0.608. The third kappa shape index (κ3) is 3.35. The Kier molecular flexibility index (Phi) is 4.21. The lowest BCUT2D eigenvalue weighted by Gasteiger charge is -2.33. The second-order valence-electron chi connectivity index (χ2n) is 4.86. The summed E-state index contributed by atoms with van der Waals surface area (Å²) in [7, 11) is 0. The van der Waals surface area contributed by atoms with Gasteiger partial charge in [-0.3, -0.25) is 10.1 Å². The summed E-state index contributed by atoms with van der Waals surface area (Å²) in [5.41, 5.74) is 6.57. The van der Waals surface area contributed by atoms with E-state index in [4.69, 9.17) is 10.5 Å². The Morgan fingerprint density at radius 3 is 2.84 bits per heavy atom. The fourth-order valence-corrected chi connectivity index (χ4v) is 2.10. The molecule has 0 radical (unpaired) electrons. The van der Waals surface area contributed by atoms with Crippen LogP contribution in [0.2, 0.25) is 0 Å². The highest BCUT2D eigenvalue weighted by atomic mass is 16.6. The van der Waals surface area contributed by atoms with Gasteiger partial charge >= 0.3 is 5.69 Å². The van der Waals surface area contributed by atoms with Crippen molar-refractivity contribution >= 4 is 11.4 Å². The van der Waals surface area contributed by atoms with Crippen molar-refractivity contribution in [2.75, 3.05) is 11.9 Å². The maximum absolute atomic E-state index is 10.9. The predicted molar refractivity (Wildman–Crippen MR) is 73.5 cm³/mol. The van der Waals surface area contributed by atoms with Crippen LogP contribution in [-0.2, 0) is 0 Å². The minimum Gasteiger partial charge on any atom is -0.487 e. The summed E-state index contributed by atoms with van der Waals surface area (Å²) >= 11 is 0. The van der Waals surface area contributed by atoms with Crippen molar-refractivity contribution in [1.29, 1.82) is 0 Å². The normalized spacial score (nSPS) is 21.6. The molecule has 6 nitrogen and oxygen atoms in total. The van der Waals surface area contributed by atoms with Crippen molar-refractivity contribution in [2.24, 2.45) is 5.73 Å². The van der Waals surface area contributed by atoms with Crippen molar-refractivity contribution in [1.82, 2.24) is 0 Å². The average molecular weight is 265 g/mol. The van der Waals surface area contributed by atoms with Crippen molar-refractivity contribution < 1.29 is 9.66 Å². The smallest absolute Gasteiger partial charge is 0.311 e. The molecular weight excluding hydrogens is 246 g/mol. The van der Waals surface area contributed by atoms with Gasteiger partial charge in [0.2, 0.25) is 0 Å². The molecule has 0 aliphatic heterocycles. The van der Waals surface area contributed by atoms with Gasteiger partial charge in [-0.15, -0.1) is 0 Å². The number of rotatable bonds is 6. The summed E-state index contributed by atoms with van der Waals surface area (Å²) < 4.78 is 5.44. The number of anilines is 1. The van der Waals surface area contributed by atoms with E-state index in [1.54, 1.807) is 12.1 Å². The topological polar surface area (TPSA) is 90.4 Å². The molecule has 2 rings (SSSR count). The SMILES string of the molecule is CCCOc1cc(NC2CC(N)C2)ccc1[N+](=O)[O-]. The molecule has 1 fully saturated rings. The van der Waals surface area contributed by atoms with E-state index < -0.39 is 4.92 Å². The first kappa shape index (κ1) is 13.6. The summed E-state index contributed by atoms with van der Waals surface area (Å²) in [5.74, 6) is 0.320. The van der Waals surface area contributed by atoms with Gasteiger partial charge in [-0.25, -0.2) is 0 Å². The van der Waals surface area contributed by atoms with Gasteiger partial charge in [0.05, 0.1) is 11.5 Å². The van der Waals surface area contributed by atoms with Gasteiger partial charge in [0, 0.05) is 29.9 Å². The molecule has 0 aromatic heterocycles. The van der Waals surface area contributed by atoms with E-state index in [9.17, 15) is 10.1 Å². The van der Waals surface area contributed by atoms with Crippen LogP contribution in [0, 0.1) is 10.1 Å². The zero-order chi connectivity index (χ0) is 13.8. The third-order valence-corrected chi connectivity index (χ3v) is 3.16. The van der Waals surface area contributed by atoms with Crippen molar-refractivity contribution in [2.45, 2.75) is 38.3 Å². The van der Waals surface area contributed by atoms with E-state index in [1.807, 2.05) is 6.92 Å². The van der Waals surface area contributed by atoms with E-state index in [1.165, 1.54) is 6.07 Å². The van der Waals surface area contributed by atoms with E-state index in [0.29, 0.717) is 18.4 Å². The molecule has 0 unspecified atom stereocenters. The van der Waals surface area contributed by atoms with Gasteiger partial charge in [0.1, 0.15) is 0 Å². The largest absolute Gasteiger partial charge is 0.487 e. The lowest BCUT2D eigenvalue weighted by Crippen LogP contribution is -2.44.